The van der Waals surface area contributed by atoms with Crippen molar-refractivity contribution < 1.29 is 4.79 Å². The number of hydrogen-bond donors (Lipinski definition) is 1. The van der Waals surface area contributed by atoms with Gasteiger partial charge < -0.3 is 5.32 Å². The van der Waals surface area contributed by atoms with Crippen LogP contribution in [-0.4, -0.2) is 10.9 Å². The lowest BCUT2D eigenvalue weighted by Crippen LogP contribution is -2.25. The lowest BCUT2D eigenvalue weighted by molar-refractivity contribution is -0.120. The van der Waals surface area contributed by atoms with Crippen LogP contribution in [0.4, 0.5) is 0 Å². The molecule has 1 N–H and O–H groups in total. The Bertz CT molecular complexity index is 763. The number of rotatable bonds is 5. The highest BCUT2D eigenvalue weighted by Crippen LogP contribution is 2.25. The summed E-state index contributed by atoms with van der Waals surface area (Å²) in [5.74, 6) is 0.00502. The van der Waals surface area contributed by atoms with Gasteiger partial charge in [0.1, 0.15) is 5.01 Å². The second-order valence-corrected chi connectivity index (χ2v) is 6.67. The lowest BCUT2D eigenvalue weighted by atomic mass is 10.1. The van der Waals surface area contributed by atoms with E-state index in [1.807, 2.05) is 35.0 Å². The molecule has 0 aliphatic carbocycles. The van der Waals surface area contributed by atoms with Crippen molar-refractivity contribution in [1.29, 1.82) is 0 Å². The van der Waals surface area contributed by atoms with Crippen molar-refractivity contribution in [3.8, 4) is 10.6 Å². The van der Waals surface area contributed by atoms with Crippen molar-refractivity contribution in [2.75, 3.05) is 0 Å². The zero-order valence-corrected chi connectivity index (χ0v) is 13.8. The molecular weight excluding hydrogens is 312 g/mol. The number of nitrogens with one attached hydrogen (secondary N) is 1. The number of thiophene rings is 1. The van der Waals surface area contributed by atoms with E-state index in [1.165, 1.54) is 5.56 Å². The Balaban J connectivity index is 1.57. The van der Waals surface area contributed by atoms with Crippen LogP contribution >= 0.6 is 22.7 Å². The molecule has 0 unspecified atom stereocenters. The van der Waals surface area contributed by atoms with Gasteiger partial charge in [0.2, 0.25) is 5.91 Å². The predicted octanol–water partition coefficient (Wildman–Crippen LogP) is 4.04. The Morgan fingerprint density at radius 3 is 2.86 bits per heavy atom. The number of aromatic nitrogens is 1. The van der Waals surface area contributed by atoms with Crippen molar-refractivity contribution >= 4 is 28.6 Å². The minimum absolute atomic E-state index is 0.00502. The fourth-order valence-corrected chi connectivity index (χ4v) is 3.67. The average molecular weight is 328 g/mol. The predicted molar refractivity (Wildman–Crippen MR) is 92.2 cm³/mol. The fourth-order valence-electron chi connectivity index (χ4n) is 2.14. The van der Waals surface area contributed by atoms with Crippen molar-refractivity contribution in [3.05, 3.63) is 63.3 Å². The normalized spacial score (nSPS) is 10.6. The molecule has 2 heterocycles. The van der Waals surface area contributed by atoms with Gasteiger partial charge in [-0.1, -0.05) is 24.3 Å². The molecule has 2 aromatic heterocycles. The molecule has 3 aromatic rings. The molecule has 0 bridgehead atoms. The van der Waals surface area contributed by atoms with Gasteiger partial charge in [0.25, 0.3) is 0 Å². The van der Waals surface area contributed by atoms with Gasteiger partial charge in [-0.15, -0.1) is 11.3 Å². The van der Waals surface area contributed by atoms with Gasteiger partial charge in [-0.25, -0.2) is 4.98 Å². The Labute approximate surface area is 137 Å². The van der Waals surface area contributed by atoms with Crippen LogP contribution in [0, 0.1) is 6.92 Å². The monoisotopic (exact) mass is 328 g/mol. The first-order valence-electron chi connectivity index (χ1n) is 7.00. The van der Waals surface area contributed by atoms with Gasteiger partial charge in [-0.3, -0.25) is 4.79 Å². The molecule has 112 valence electrons. The topological polar surface area (TPSA) is 42.0 Å². The van der Waals surface area contributed by atoms with Crippen LogP contribution in [0.2, 0.25) is 0 Å². The largest absolute Gasteiger partial charge is 0.352 e. The molecule has 22 heavy (non-hydrogen) atoms. The number of aryl methyl sites for hydroxylation is 1. The first-order valence-corrected chi connectivity index (χ1v) is 8.83. The Morgan fingerprint density at radius 1 is 1.23 bits per heavy atom. The molecule has 0 aliphatic rings. The fraction of sp³-hybridized carbons (Fsp3) is 0.176. The number of carbonyl (C=O) groups is 1. The van der Waals surface area contributed by atoms with E-state index in [0.717, 1.165) is 21.8 Å². The summed E-state index contributed by atoms with van der Waals surface area (Å²) < 4.78 is 0. The van der Waals surface area contributed by atoms with Crippen LogP contribution in [-0.2, 0) is 17.8 Å². The Morgan fingerprint density at radius 2 is 2.09 bits per heavy atom. The molecule has 0 saturated heterocycles. The first kappa shape index (κ1) is 14.9. The van der Waals surface area contributed by atoms with Gasteiger partial charge in [0.05, 0.1) is 12.1 Å². The van der Waals surface area contributed by atoms with Crippen LogP contribution in [0.25, 0.3) is 10.6 Å². The van der Waals surface area contributed by atoms with Gasteiger partial charge >= 0.3 is 0 Å². The van der Waals surface area contributed by atoms with Crippen LogP contribution in [0.15, 0.2) is 46.5 Å². The molecule has 5 heteroatoms. The van der Waals surface area contributed by atoms with Gasteiger partial charge in [-0.05, 0) is 29.5 Å². The van der Waals surface area contributed by atoms with Crippen molar-refractivity contribution in [2.24, 2.45) is 0 Å². The average Bonchev–Trinajstić information content (AvgIpc) is 3.17. The molecular formula is C17H16N2OS2. The second kappa shape index (κ2) is 6.85. The van der Waals surface area contributed by atoms with Crippen molar-refractivity contribution in [3.63, 3.8) is 0 Å². The van der Waals surface area contributed by atoms with Crippen molar-refractivity contribution in [2.45, 2.75) is 19.9 Å². The molecule has 0 spiro atoms. The van der Waals surface area contributed by atoms with Crippen LogP contribution in [0.1, 0.15) is 16.8 Å². The molecule has 1 aromatic carbocycles. The molecule has 0 saturated carbocycles. The van der Waals surface area contributed by atoms with Crippen LogP contribution in [0.3, 0.4) is 0 Å². The number of nitrogens with zero attached hydrogens (tertiary/aromatic N) is 1. The van der Waals surface area contributed by atoms with Crippen molar-refractivity contribution in [1.82, 2.24) is 10.3 Å². The summed E-state index contributed by atoms with van der Waals surface area (Å²) in [6, 6.07) is 10.1. The quantitative estimate of drug-likeness (QED) is 0.768. The SMILES string of the molecule is Cc1ccccc1CNC(=O)Cc1csc(-c2ccsc2)n1. The molecule has 3 nitrogen and oxygen atoms in total. The summed E-state index contributed by atoms with van der Waals surface area (Å²) in [4.78, 5) is 16.6. The highest BCUT2D eigenvalue weighted by molar-refractivity contribution is 7.14. The summed E-state index contributed by atoms with van der Waals surface area (Å²) in [7, 11) is 0. The van der Waals surface area contributed by atoms with E-state index in [2.05, 4.69) is 28.7 Å². The zero-order chi connectivity index (χ0) is 15.4. The highest BCUT2D eigenvalue weighted by Gasteiger charge is 2.09. The molecule has 0 atom stereocenters. The summed E-state index contributed by atoms with van der Waals surface area (Å²) >= 11 is 3.23. The maximum atomic E-state index is 12.0. The van der Waals surface area contributed by atoms with Crippen LogP contribution < -0.4 is 5.32 Å². The Kier molecular flexibility index (Phi) is 4.65. The number of benzene rings is 1. The lowest BCUT2D eigenvalue weighted by Gasteiger charge is -2.07. The third-order valence-electron chi connectivity index (χ3n) is 3.40. The standard InChI is InChI=1S/C17H16N2OS2/c1-12-4-2-3-5-13(12)9-18-16(20)8-15-11-22-17(19-15)14-6-7-21-10-14/h2-7,10-11H,8-9H2,1H3,(H,18,20). The van der Waals surface area contributed by atoms with Gasteiger partial charge in [-0.2, -0.15) is 11.3 Å². The molecule has 0 aliphatic heterocycles. The van der Waals surface area contributed by atoms with E-state index < -0.39 is 0 Å². The van der Waals surface area contributed by atoms with E-state index in [9.17, 15) is 4.79 Å². The van der Waals surface area contributed by atoms with Gasteiger partial charge in [0, 0.05) is 22.9 Å². The van der Waals surface area contributed by atoms with E-state index in [-0.39, 0.29) is 5.91 Å². The maximum absolute atomic E-state index is 12.0. The van der Waals surface area contributed by atoms with E-state index in [1.54, 1.807) is 22.7 Å². The number of thiazole rings is 1. The summed E-state index contributed by atoms with van der Waals surface area (Å²) in [5, 5.41) is 10.00. The number of carbonyl (C=O) groups excluding carboxylic acids is 1. The number of hydrogen-bond acceptors (Lipinski definition) is 4. The maximum Gasteiger partial charge on any atom is 0.226 e. The Hall–Kier alpha value is -1.98. The van der Waals surface area contributed by atoms with E-state index >= 15 is 0 Å². The summed E-state index contributed by atoms with van der Waals surface area (Å²) in [5.41, 5.74) is 4.29. The highest BCUT2D eigenvalue weighted by atomic mass is 32.1. The molecule has 1 amide bonds. The second-order valence-electron chi connectivity index (χ2n) is 5.04. The minimum Gasteiger partial charge on any atom is -0.352 e. The van der Waals surface area contributed by atoms with E-state index in [4.69, 9.17) is 0 Å². The summed E-state index contributed by atoms with van der Waals surface area (Å²) in [6.07, 6.45) is 0.326. The minimum atomic E-state index is 0.00502. The molecule has 0 fully saturated rings. The van der Waals surface area contributed by atoms with Crippen LogP contribution in [0.5, 0.6) is 0 Å². The smallest absolute Gasteiger partial charge is 0.226 e. The molecule has 0 radical (unpaired) electrons. The summed E-state index contributed by atoms with van der Waals surface area (Å²) in [6.45, 7) is 2.61. The third kappa shape index (κ3) is 3.61. The van der Waals surface area contributed by atoms with E-state index in [0.29, 0.717) is 13.0 Å². The third-order valence-corrected chi connectivity index (χ3v) is 5.02. The van der Waals surface area contributed by atoms with Gasteiger partial charge in [0.15, 0.2) is 0 Å². The first-order chi connectivity index (χ1) is 10.7. The molecule has 3 rings (SSSR count). The zero-order valence-electron chi connectivity index (χ0n) is 12.2. The number of amides is 1.